The van der Waals surface area contributed by atoms with Crippen molar-refractivity contribution in [2.24, 2.45) is 0 Å². The fourth-order valence-electron chi connectivity index (χ4n) is 2.07. The maximum Gasteiger partial charge on any atom is 0.351 e. The number of imidazole rings is 1. The zero-order chi connectivity index (χ0) is 15.7. The Bertz CT molecular complexity index is 852. The van der Waals surface area contributed by atoms with Crippen molar-refractivity contribution in [1.82, 2.24) is 9.38 Å². The fraction of sp³-hybridized carbons (Fsp3) is 0.0714. The predicted molar refractivity (Wildman–Crippen MR) is 93.2 cm³/mol. The lowest BCUT2D eigenvalue weighted by Crippen LogP contribution is -1.97. The van der Waals surface area contributed by atoms with E-state index in [0.717, 1.165) is 9.37 Å². The molecule has 0 fully saturated rings. The number of benzene rings is 1. The maximum absolute atomic E-state index is 11.4. The highest BCUT2D eigenvalue weighted by molar-refractivity contribution is 9.11. The summed E-state index contributed by atoms with van der Waals surface area (Å²) in [5.41, 5.74) is 0.996. The summed E-state index contributed by atoms with van der Waals surface area (Å²) in [4.78, 5) is 16.5. The van der Waals surface area contributed by atoms with Gasteiger partial charge in [-0.1, -0.05) is 18.2 Å². The Morgan fingerprint density at radius 2 is 2.00 bits per heavy atom. The van der Waals surface area contributed by atoms with Crippen LogP contribution in [-0.2, 0) is 5.75 Å². The summed E-state index contributed by atoms with van der Waals surface area (Å²) < 4.78 is 2.95. The molecule has 3 rings (SSSR count). The molecule has 0 atom stereocenters. The average Bonchev–Trinajstić information content (AvgIpc) is 2.85. The minimum Gasteiger partial charge on any atom is -0.358 e. The van der Waals surface area contributed by atoms with Gasteiger partial charge in [-0.15, -0.1) is 11.8 Å². The van der Waals surface area contributed by atoms with Gasteiger partial charge in [0.25, 0.3) is 0 Å². The SMILES string of the molecule is O=[N+]([O-])c1c(CSc2ccccc2)nc2c(Br)cc(Br)cn12. The predicted octanol–water partition coefficient (Wildman–Crippen LogP) is 5.06. The monoisotopic (exact) mass is 441 g/mol. The van der Waals surface area contributed by atoms with Gasteiger partial charge in [0.15, 0.2) is 0 Å². The summed E-state index contributed by atoms with van der Waals surface area (Å²) in [7, 11) is 0. The summed E-state index contributed by atoms with van der Waals surface area (Å²) in [5, 5.41) is 11.4. The first-order valence-electron chi connectivity index (χ1n) is 6.24. The molecule has 0 unspecified atom stereocenters. The smallest absolute Gasteiger partial charge is 0.351 e. The summed E-state index contributed by atoms with van der Waals surface area (Å²) >= 11 is 8.27. The van der Waals surface area contributed by atoms with Crippen LogP contribution in [-0.4, -0.2) is 14.3 Å². The third kappa shape index (κ3) is 3.04. The zero-order valence-corrected chi connectivity index (χ0v) is 15.1. The van der Waals surface area contributed by atoms with Gasteiger partial charge in [-0.2, -0.15) is 4.40 Å². The highest BCUT2D eigenvalue weighted by Crippen LogP contribution is 2.32. The highest BCUT2D eigenvalue weighted by atomic mass is 79.9. The molecule has 22 heavy (non-hydrogen) atoms. The summed E-state index contributed by atoms with van der Waals surface area (Å²) in [6.07, 6.45) is 1.65. The molecular weight excluding hydrogens is 434 g/mol. The maximum atomic E-state index is 11.4. The number of rotatable bonds is 4. The van der Waals surface area contributed by atoms with E-state index >= 15 is 0 Å². The average molecular weight is 443 g/mol. The van der Waals surface area contributed by atoms with Crippen LogP contribution in [0.25, 0.3) is 5.65 Å². The first-order chi connectivity index (χ1) is 10.6. The van der Waals surface area contributed by atoms with Crippen molar-refractivity contribution in [1.29, 1.82) is 0 Å². The molecule has 0 radical (unpaired) electrons. The number of hydrogen-bond acceptors (Lipinski definition) is 4. The Labute approximate surface area is 147 Å². The molecular formula is C14H9Br2N3O2S. The molecule has 0 spiro atoms. The van der Waals surface area contributed by atoms with Gasteiger partial charge in [0, 0.05) is 10.6 Å². The largest absolute Gasteiger partial charge is 0.358 e. The summed E-state index contributed by atoms with van der Waals surface area (Å²) in [6.45, 7) is 0. The number of pyridine rings is 1. The van der Waals surface area contributed by atoms with Gasteiger partial charge in [0.05, 0.1) is 8.95 Å². The molecule has 5 nitrogen and oxygen atoms in total. The van der Waals surface area contributed by atoms with Gasteiger partial charge in [-0.05, 0) is 55.0 Å². The topological polar surface area (TPSA) is 60.4 Å². The minimum atomic E-state index is -0.389. The molecule has 0 aliphatic carbocycles. The molecule has 0 saturated carbocycles. The fourth-order valence-corrected chi connectivity index (χ4v) is 4.18. The normalized spacial score (nSPS) is 11.0. The quantitative estimate of drug-likeness (QED) is 0.322. The number of hydrogen-bond donors (Lipinski definition) is 0. The van der Waals surface area contributed by atoms with E-state index in [1.165, 1.54) is 16.2 Å². The van der Waals surface area contributed by atoms with Gasteiger partial charge >= 0.3 is 5.82 Å². The van der Waals surface area contributed by atoms with Crippen LogP contribution in [0.1, 0.15) is 5.69 Å². The molecule has 0 N–H and O–H groups in total. The Kier molecular flexibility index (Phi) is 4.51. The molecule has 8 heteroatoms. The van der Waals surface area contributed by atoms with E-state index in [1.807, 2.05) is 36.4 Å². The van der Waals surface area contributed by atoms with Gasteiger partial charge in [-0.25, -0.2) is 4.98 Å². The van der Waals surface area contributed by atoms with Crippen molar-refractivity contribution < 1.29 is 4.92 Å². The van der Waals surface area contributed by atoms with E-state index in [4.69, 9.17) is 0 Å². The second kappa shape index (κ2) is 6.39. The van der Waals surface area contributed by atoms with Gasteiger partial charge in [0.2, 0.25) is 5.65 Å². The van der Waals surface area contributed by atoms with Gasteiger partial charge in [0.1, 0.15) is 11.9 Å². The Hall–Kier alpha value is -1.38. The van der Waals surface area contributed by atoms with Crippen LogP contribution in [0, 0.1) is 10.1 Å². The first-order valence-corrected chi connectivity index (χ1v) is 8.81. The molecule has 1 aromatic carbocycles. The van der Waals surface area contributed by atoms with E-state index in [2.05, 4.69) is 36.8 Å². The number of thioether (sulfide) groups is 1. The Balaban J connectivity index is 2.03. The van der Waals surface area contributed by atoms with Crippen molar-refractivity contribution in [3.05, 3.63) is 67.3 Å². The summed E-state index contributed by atoms with van der Waals surface area (Å²) in [5.74, 6) is 0.437. The van der Waals surface area contributed by atoms with E-state index in [-0.39, 0.29) is 10.7 Å². The molecule has 0 saturated heterocycles. The number of nitro groups is 1. The molecule has 0 bridgehead atoms. The van der Waals surface area contributed by atoms with Crippen molar-refractivity contribution in [3.8, 4) is 0 Å². The molecule has 0 aliphatic heterocycles. The summed E-state index contributed by atoms with van der Waals surface area (Å²) in [6, 6.07) is 11.6. The van der Waals surface area contributed by atoms with E-state index in [0.29, 0.717) is 21.6 Å². The van der Waals surface area contributed by atoms with Crippen LogP contribution >= 0.6 is 43.6 Å². The van der Waals surface area contributed by atoms with Crippen LogP contribution in [0.4, 0.5) is 5.82 Å². The van der Waals surface area contributed by atoms with E-state index in [1.54, 1.807) is 6.20 Å². The van der Waals surface area contributed by atoms with E-state index < -0.39 is 0 Å². The van der Waals surface area contributed by atoms with Crippen molar-refractivity contribution in [3.63, 3.8) is 0 Å². The van der Waals surface area contributed by atoms with Gasteiger partial charge in [-0.3, -0.25) is 0 Å². The third-order valence-electron chi connectivity index (χ3n) is 2.98. The molecule has 112 valence electrons. The lowest BCUT2D eigenvalue weighted by Gasteiger charge is -2.00. The number of nitrogens with zero attached hydrogens (tertiary/aromatic N) is 3. The van der Waals surface area contributed by atoms with Crippen LogP contribution in [0.2, 0.25) is 0 Å². The number of fused-ring (bicyclic) bond motifs is 1. The van der Waals surface area contributed by atoms with Crippen molar-refractivity contribution in [2.45, 2.75) is 10.6 Å². The minimum absolute atomic E-state index is 0.000399. The van der Waals surface area contributed by atoms with Crippen LogP contribution in [0.15, 0.2) is 56.4 Å². The van der Waals surface area contributed by atoms with Crippen molar-refractivity contribution in [2.75, 3.05) is 0 Å². The molecule has 0 amide bonds. The lowest BCUT2D eigenvalue weighted by molar-refractivity contribution is -0.391. The standard InChI is InChI=1S/C14H9Br2N3O2S/c15-9-6-11(16)13-17-12(14(19(20)21)18(13)7-9)8-22-10-4-2-1-3-5-10/h1-7H,8H2. The lowest BCUT2D eigenvalue weighted by atomic mass is 10.4. The third-order valence-corrected chi connectivity index (χ3v) is 5.02. The van der Waals surface area contributed by atoms with Crippen molar-refractivity contribution >= 4 is 55.1 Å². The Morgan fingerprint density at radius 1 is 1.27 bits per heavy atom. The van der Waals surface area contributed by atoms with Crippen LogP contribution in [0.5, 0.6) is 0 Å². The highest BCUT2D eigenvalue weighted by Gasteiger charge is 2.24. The second-order valence-corrected chi connectivity index (χ2v) is 7.26. The van der Waals surface area contributed by atoms with Gasteiger partial charge < -0.3 is 10.1 Å². The second-order valence-electron chi connectivity index (χ2n) is 4.44. The number of aromatic nitrogens is 2. The molecule has 2 heterocycles. The Morgan fingerprint density at radius 3 is 2.68 bits per heavy atom. The van der Waals surface area contributed by atoms with Crippen LogP contribution in [0.3, 0.4) is 0 Å². The molecule has 3 aromatic rings. The first kappa shape index (κ1) is 15.5. The molecule has 0 aliphatic rings. The van der Waals surface area contributed by atoms with Crippen LogP contribution < -0.4 is 0 Å². The molecule has 2 aromatic heterocycles. The zero-order valence-electron chi connectivity index (χ0n) is 11.1. The number of halogens is 2. The van der Waals surface area contributed by atoms with E-state index in [9.17, 15) is 10.1 Å².